The first-order valence-electron chi connectivity index (χ1n) is 6.53. The summed E-state index contributed by atoms with van der Waals surface area (Å²) in [4.78, 5) is 0. The van der Waals surface area contributed by atoms with Gasteiger partial charge in [0.1, 0.15) is 5.82 Å². The lowest BCUT2D eigenvalue weighted by atomic mass is 9.97. The van der Waals surface area contributed by atoms with Crippen LogP contribution in [0.1, 0.15) is 37.8 Å². The average molecular weight is 246 g/mol. The van der Waals surface area contributed by atoms with E-state index in [9.17, 15) is 4.39 Å². The fraction of sp³-hybridized carbons (Fsp3) is 0.533. The van der Waals surface area contributed by atoms with E-state index in [2.05, 4.69) is 19.2 Å². The summed E-state index contributed by atoms with van der Waals surface area (Å²) in [5.74, 6) is 1.08. The van der Waals surface area contributed by atoms with E-state index >= 15 is 0 Å². The minimum absolute atomic E-state index is 0.335. The van der Waals surface area contributed by atoms with E-state index in [1.807, 2.05) is 6.07 Å². The van der Waals surface area contributed by atoms with E-state index in [1.54, 1.807) is 6.07 Å². The molecule has 1 N–H and O–H groups in total. The van der Waals surface area contributed by atoms with Crippen molar-refractivity contribution in [2.24, 2.45) is 11.8 Å². The van der Waals surface area contributed by atoms with Gasteiger partial charge in [0, 0.05) is 12.6 Å². The van der Waals surface area contributed by atoms with Crippen molar-refractivity contribution in [2.45, 2.75) is 39.3 Å². The van der Waals surface area contributed by atoms with Gasteiger partial charge in [0.05, 0.1) is 11.6 Å². The largest absolute Gasteiger partial charge is 0.310 e. The van der Waals surface area contributed by atoms with Gasteiger partial charge in [-0.1, -0.05) is 13.8 Å². The van der Waals surface area contributed by atoms with Gasteiger partial charge in [-0.3, -0.25) is 0 Å². The van der Waals surface area contributed by atoms with E-state index < -0.39 is 0 Å². The third-order valence-electron chi connectivity index (χ3n) is 4.12. The zero-order chi connectivity index (χ0) is 13.1. The van der Waals surface area contributed by atoms with E-state index in [0.717, 1.165) is 11.5 Å². The van der Waals surface area contributed by atoms with Crippen molar-refractivity contribution in [1.82, 2.24) is 5.32 Å². The highest BCUT2D eigenvalue weighted by Gasteiger charge is 2.28. The Labute approximate surface area is 108 Å². The Morgan fingerprint density at radius 3 is 2.72 bits per heavy atom. The van der Waals surface area contributed by atoms with Crippen molar-refractivity contribution in [3.63, 3.8) is 0 Å². The second kappa shape index (κ2) is 5.49. The van der Waals surface area contributed by atoms with E-state index in [1.165, 1.54) is 25.0 Å². The van der Waals surface area contributed by atoms with Crippen molar-refractivity contribution in [2.75, 3.05) is 0 Å². The molecule has 1 aliphatic rings. The molecule has 1 saturated carbocycles. The highest BCUT2D eigenvalue weighted by Crippen LogP contribution is 2.31. The maximum absolute atomic E-state index is 13.3. The van der Waals surface area contributed by atoms with Crippen LogP contribution >= 0.6 is 0 Å². The highest BCUT2D eigenvalue weighted by molar-refractivity contribution is 5.33. The first kappa shape index (κ1) is 13.0. The molecule has 3 unspecified atom stereocenters. The molecule has 1 fully saturated rings. The first-order chi connectivity index (χ1) is 8.60. The van der Waals surface area contributed by atoms with Crippen molar-refractivity contribution in [3.8, 4) is 6.07 Å². The lowest BCUT2D eigenvalue weighted by Gasteiger charge is -2.19. The normalized spacial score (nSPS) is 27.1. The molecule has 2 nitrogen and oxygen atoms in total. The molecule has 0 radical (unpaired) electrons. The van der Waals surface area contributed by atoms with E-state index in [0.29, 0.717) is 24.1 Å². The van der Waals surface area contributed by atoms with Crippen molar-refractivity contribution < 1.29 is 4.39 Å². The molecule has 18 heavy (non-hydrogen) atoms. The quantitative estimate of drug-likeness (QED) is 0.888. The second-order valence-electron chi connectivity index (χ2n) is 5.36. The number of nitrogens with zero attached hydrogens (tertiary/aromatic N) is 1. The Kier molecular flexibility index (Phi) is 3.98. The molecule has 0 aliphatic heterocycles. The van der Waals surface area contributed by atoms with Gasteiger partial charge in [0.15, 0.2) is 0 Å². The predicted molar refractivity (Wildman–Crippen MR) is 69.3 cm³/mol. The molecule has 0 bridgehead atoms. The summed E-state index contributed by atoms with van der Waals surface area (Å²) >= 11 is 0. The van der Waals surface area contributed by atoms with Crippen LogP contribution in [0, 0.1) is 29.0 Å². The molecule has 3 atom stereocenters. The molecule has 0 amide bonds. The molecule has 96 valence electrons. The third kappa shape index (κ3) is 2.88. The number of nitrogens with one attached hydrogen (secondary N) is 1. The van der Waals surface area contributed by atoms with Crippen LogP contribution in [-0.4, -0.2) is 6.04 Å². The maximum atomic E-state index is 13.3. The van der Waals surface area contributed by atoms with Crippen molar-refractivity contribution in [3.05, 3.63) is 35.1 Å². The summed E-state index contributed by atoms with van der Waals surface area (Å²) in [5.41, 5.74) is 1.23. The number of rotatable bonds is 3. The summed E-state index contributed by atoms with van der Waals surface area (Å²) in [7, 11) is 0. The summed E-state index contributed by atoms with van der Waals surface area (Å²) < 4.78 is 13.3. The Morgan fingerprint density at radius 1 is 1.33 bits per heavy atom. The summed E-state index contributed by atoms with van der Waals surface area (Å²) in [5, 5.41) is 12.3. The number of benzene rings is 1. The van der Waals surface area contributed by atoms with Gasteiger partial charge >= 0.3 is 0 Å². The predicted octanol–water partition coefficient (Wildman–Crippen LogP) is 3.22. The Balaban J connectivity index is 1.98. The third-order valence-corrected chi connectivity index (χ3v) is 4.12. The van der Waals surface area contributed by atoms with Gasteiger partial charge in [-0.2, -0.15) is 5.26 Å². The van der Waals surface area contributed by atoms with Crippen molar-refractivity contribution >= 4 is 0 Å². The zero-order valence-corrected chi connectivity index (χ0v) is 10.9. The monoisotopic (exact) mass is 246 g/mol. The molecule has 0 spiro atoms. The Morgan fingerprint density at radius 2 is 2.11 bits per heavy atom. The Bertz CT molecular complexity index is 464. The number of nitriles is 1. The Hall–Kier alpha value is -1.40. The van der Waals surface area contributed by atoms with Crippen molar-refractivity contribution in [1.29, 1.82) is 5.26 Å². The first-order valence-corrected chi connectivity index (χ1v) is 6.53. The topological polar surface area (TPSA) is 35.8 Å². The summed E-state index contributed by atoms with van der Waals surface area (Å²) in [6, 6.07) is 7.01. The van der Waals surface area contributed by atoms with Crippen LogP contribution in [0.5, 0.6) is 0 Å². The SMILES string of the molecule is CC1CCC(NCc2cc(F)cc(C#N)c2)C1C. The molecule has 2 rings (SSSR count). The molecule has 0 aromatic heterocycles. The van der Waals surface area contributed by atoms with E-state index in [-0.39, 0.29) is 5.82 Å². The van der Waals surface area contributed by atoms with Crippen LogP contribution in [0.25, 0.3) is 0 Å². The van der Waals surface area contributed by atoms with Crippen LogP contribution < -0.4 is 5.32 Å². The van der Waals surface area contributed by atoms with Crippen LogP contribution in [0.4, 0.5) is 4.39 Å². The van der Waals surface area contributed by atoms with Gasteiger partial charge in [0.2, 0.25) is 0 Å². The number of hydrogen-bond donors (Lipinski definition) is 1. The smallest absolute Gasteiger partial charge is 0.124 e. The fourth-order valence-electron chi connectivity index (χ4n) is 2.72. The van der Waals surface area contributed by atoms with Gasteiger partial charge in [0.25, 0.3) is 0 Å². The zero-order valence-electron chi connectivity index (χ0n) is 10.9. The molecular formula is C15H19FN2. The number of hydrogen-bond acceptors (Lipinski definition) is 2. The summed E-state index contributed by atoms with van der Waals surface area (Å²) in [6.45, 7) is 5.18. The molecule has 1 aromatic rings. The lowest BCUT2D eigenvalue weighted by molar-refractivity contribution is 0.369. The highest BCUT2D eigenvalue weighted by atomic mass is 19.1. The summed E-state index contributed by atoms with van der Waals surface area (Å²) in [6.07, 6.45) is 2.44. The molecule has 3 heteroatoms. The standard InChI is InChI=1S/C15H19FN2/c1-10-3-4-15(11(10)2)18-9-13-5-12(8-17)6-14(16)7-13/h5-7,10-11,15,18H,3-4,9H2,1-2H3. The lowest BCUT2D eigenvalue weighted by Crippen LogP contribution is -2.31. The van der Waals surface area contributed by atoms with E-state index in [4.69, 9.17) is 5.26 Å². The van der Waals surface area contributed by atoms with Gasteiger partial charge in [-0.25, -0.2) is 4.39 Å². The minimum Gasteiger partial charge on any atom is -0.310 e. The molecule has 1 aliphatic carbocycles. The molecule has 0 heterocycles. The number of halogens is 1. The van der Waals surface area contributed by atoms with Gasteiger partial charge in [-0.15, -0.1) is 0 Å². The molecular weight excluding hydrogens is 227 g/mol. The van der Waals surface area contributed by atoms with Gasteiger partial charge < -0.3 is 5.32 Å². The molecule has 1 aromatic carbocycles. The average Bonchev–Trinajstić information content (AvgIpc) is 2.67. The maximum Gasteiger partial charge on any atom is 0.124 e. The van der Waals surface area contributed by atoms with Crippen LogP contribution in [0.2, 0.25) is 0 Å². The fourth-order valence-corrected chi connectivity index (χ4v) is 2.72. The van der Waals surface area contributed by atoms with Crippen LogP contribution in [-0.2, 0) is 6.54 Å². The van der Waals surface area contributed by atoms with Crippen LogP contribution in [0.15, 0.2) is 18.2 Å². The molecule has 0 saturated heterocycles. The van der Waals surface area contributed by atoms with Crippen LogP contribution in [0.3, 0.4) is 0 Å². The second-order valence-corrected chi connectivity index (χ2v) is 5.36. The minimum atomic E-state index is -0.335. The van der Waals surface area contributed by atoms with Gasteiger partial charge in [-0.05, 0) is 48.4 Å².